The molecule has 17 heavy (non-hydrogen) atoms. The lowest BCUT2D eigenvalue weighted by molar-refractivity contribution is -0.118. The molecule has 4 N–H and O–H groups in total. The number of phenolic OH excluding ortho intramolecular Hbond substituents is 1. The molecule has 1 unspecified atom stereocenters. The third-order valence-corrected chi connectivity index (χ3v) is 2.70. The van der Waals surface area contributed by atoms with Crippen molar-refractivity contribution in [2.45, 2.75) is 32.2 Å². The van der Waals surface area contributed by atoms with Crippen LogP contribution >= 0.6 is 0 Å². The van der Waals surface area contributed by atoms with E-state index in [1.807, 2.05) is 19.1 Å². The standard InChI is InChI=1S/C13H20N2O2/c1-10(11-6-2-3-7-12(11)16)15-9-5-4-8-13(14)17/h2-3,6-7,10,15-16H,4-5,8-9H2,1H3,(H2,14,17). The number of hydrogen-bond acceptors (Lipinski definition) is 3. The first kappa shape index (κ1) is 13.5. The van der Waals surface area contributed by atoms with Crippen molar-refractivity contribution in [1.29, 1.82) is 0 Å². The average molecular weight is 236 g/mol. The Morgan fingerprint density at radius 2 is 2.12 bits per heavy atom. The van der Waals surface area contributed by atoms with Crippen molar-refractivity contribution in [3.05, 3.63) is 29.8 Å². The first-order valence-corrected chi connectivity index (χ1v) is 5.91. The van der Waals surface area contributed by atoms with Gasteiger partial charge in [0, 0.05) is 18.0 Å². The molecule has 0 aliphatic carbocycles. The SMILES string of the molecule is CC(NCCCCC(N)=O)c1ccccc1O. The molecule has 0 aliphatic rings. The second kappa shape index (κ2) is 6.91. The molecule has 0 saturated carbocycles. The monoisotopic (exact) mass is 236 g/mol. The first-order chi connectivity index (χ1) is 8.11. The Hall–Kier alpha value is -1.55. The van der Waals surface area contributed by atoms with E-state index in [1.54, 1.807) is 12.1 Å². The van der Waals surface area contributed by atoms with Crippen LogP contribution < -0.4 is 11.1 Å². The summed E-state index contributed by atoms with van der Waals surface area (Å²) in [7, 11) is 0. The fraction of sp³-hybridized carbons (Fsp3) is 0.462. The number of carbonyl (C=O) groups is 1. The first-order valence-electron chi connectivity index (χ1n) is 5.91. The lowest BCUT2D eigenvalue weighted by Gasteiger charge is -2.15. The summed E-state index contributed by atoms with van der Waals surface area (Å²) < 4.78 is 0. The van der Waals surface area contributed by atoms with Gasteiger partial charge in [-0.05, 0) is 32.4 Å². The molecule has 0 saturated heterocycles. The molecule has 1 amide bonds. The summed E-state index contributed by atoms with van der Waals surface area (Å²) in [5, 5.41) is 13.0. The highest BCUT2D eigenvalue weighted by Gasteiger charge is 2.08. The quantitative estimate of drug-likeness (QED) is 0.631. The van der Waals surface area contributed by atoms with Crippen LogP contribution in [-0.4, -0.2) is 17.6 Å². The topological polar surface area (TPSA) is 75.3 Å². The normalized spacial score (nSPS) is 12.3. The average Bonchev–Trinajstić information content (AvgIpc) is 2.28. The van der Waals surface area contributed by atoms with Crippen LogP contribution in [-0.2, 0) is 4.79 Å². The van der Waals surface area contributed by atoms with Gasteiger partial charge < -0.3 is 16.2 Å². The number of carbonyl (C=O) groups excluding carboxylic acids is 1. The highest BCUT2D eigenvalue weighted by Crippen LogP contribution is 2.22. The van der Waals surface area contributed by atoms with E-state index in [0.29, 0.717) is 12.2 Å². The lowest BCUT2D eigenvalue weighted by atomic mass is 10.1. The Morgan fingerprint density at radius 1 is 1.41 bits per heavy atom. The molecule has 0 fully saturated rings. The number of unbranched alkanes of at least 4 members (excludes halogenated alkanes) is 1. The van der Waals surface area contributed by atoms with Gasteiger partial charge in [0.05, 0.1) is 0 Å². The number of amides is 1. The number of nitrogens with one attached hydrogen (secondary N) is 1. The van der Waals surface area contributed by atoms with Gasteiger partial charge in [0.25, 0.3) is 0 Å². The number of rotatable bonds is 7. The molecule has 1 aromatic rings. The van der Waals surface area contributed by atoms with Gasteiger partial charge in [-0.3, -0.25) is 4.79 Å². The summed E-state index contributed by atoms with van der Waals surface area (Å²) in [5.74, 6) is 0.0587. The third-order valence-electron chi connectivity index (χ3n) is 2.70. The number of nitrogens with two attached hydrogens (primary N) is 1. The van der Waals surface area contributed by atoms with Crippen molar-refractivity contribution >= 4 is 5.91 Å². The molecule has 0 aromatic heterocycles. The number of para-hydroxylation sites is 1. The minimum atomic E-state index is -0.251. The van der Waals surface area contributed by atoms with Gasteiger partial charge in [0.2, 0.25) is 5.91 Å². The van der Waals surface area contributed by atoms with E-state index in [1.165, 1.54) is 0 Å². The fourth-order valence-corrected chi connectivity index (χ4v) is 1.71. The van der Waals surface area contributed by atoms with Crippen molar-refractivity contribution in [1.82, 2.24) is 5.32 Å². The van der Waals surface area contributed by atoms with Crippen LogP contribution in [0.2, 0.25) is 0 Å². The van der Waals surface area contributed by atoms with Crippen LogP contribution in [0.15, 0.2) is 24.3 Å². The second-order valence-corrected chi connectivity index (χ2v) is 4.16. The van der Waals surface area contributed by atoms with E-state index < -0.39 is 0 Å². The predicted octanol–water partition coefficient (Wildman–Crippen LogP) is 1.70. The van der Waals surface area contributed by atoms with E-state index in [0.717, 1.165) is 24.9 Å². The van der Waals surface area contributed by atoms with Crippen molar-refractivity contribution in [3.8, 4) is 5.75 Å². The van der Waals surface area contributed by atoms with Gasteiger partial charge in [-0.25, -0.2) is 0 Å². The van der Waals surface area contributed by atoms with E-state index in [-0.39, 0.29) is 11.9 Å². The highest BCUT2D eigenvalue weighted by molar-refractivity contribution is 5.73. The van der Waals surface area contributed by atoms with E-state index in [4.69, 9.17) is 5.73 Å². The summed E-state index contributed by atoms with van der Waals surface area (Å²) in [6.07, 6.45) is 2.14. The molecule has 94 valence electrons. The van der Waals surface area contributed by atoms with Gasteiger partial charge in [-0.2, -0.15) is 0 Å². The highest BCUT2D eigenvalue weighted by atomic mass is 16.3. The predicted molar refractivity (Wildman–Crippen MR) is 67.6 cm³/mol. The number of primary amides is 1. The number of aromatic hydroxyl groups is 1. The Morgan fingerprint density at radius 3 is 2.76 bits per heavy atom. The molecular weight excluding hydrogens is 216 g/mol. The van der Waals surface area contributed by atoms with Crippen LogP contribution in [0, 0.1) is 0 Å². The van der Waals surface area contributed by atoms with Crippen molar-refractivity contribution in [2.75, 3.05) is 6.54 Å². The zero-order chi connectivity index (χ0) is 12.7. The van der Waals surface area contributed by atoms with Crippen LogP contribution in [0.5, 0.6) is 5.75 Å². The molecule has 4 heteroatoms. The maximum atomic E-state index is 10.5. The summed E-state index contributed by atoms with van der Waals surface area (Å²) in [4.78, 5) is 10.5. The Bertz CT molecular complexity index is 366. The third kappa shape index (κ3) is 4.87. The minimum absolute atomic E-state index is 0.102. The molecule has 0 spiro atoms. The maximum absolute atomic E-state index is 10.5. The zero-order valence-electron chi connectivity index (χ0n) is 10.1. The van der Waals surface area contributed by atoms with Crippen molar-refractivity contribution in [2.24, 2.45) is 5.73 Å². The summed E-state index contributed by atoms with van der Waals surface area (Å²) in [6.45, 7) is 2.81. The molecule has 1 aromatic carbocycles. The Labute approximate surface area is 102 Å². The zero-order valence-corrected chi connectivity index (χ0v) is 10.1. The van der Waals surface area contributed by atoms with Gasteiger partial charge in [0.1, 0.15) is 5.75 Å². The van der Waals surface area contributed by atoms with Gasteiger partial charge in [-0.1, -0.05) is 18.2 Å². The number of benzene rings is 1. The molecule has 1 rings (SSSR count). The Kier molecular flexibility index (Phi) is 5.49. The van der Waals surface area contributed by atoms with Crippen LogP contribution in [0.4, 0.5) is 0 Å². The number of hydrogen-bond donors (Lipinski definition) is 3. The maximum Gasteiger partial charge on any atom is 0.217 e. The largest absolute Gasteiger partial charge is 0.508 e. The van der Waals surface area contributed by atoms with Crippen LogP contribution in [0.25, 0.3) is 0 Å². The minimum Gasteiger partial charge on any atom is -0.508 e. The molecule has 4 nitrogen and oxygen atoms in total. The van der Waals surface area contributed by atoms with Gasteiger partial charge >= 0.3 is 0 Å². The Balaban J connectivity index is 2.28. The van der Waals surface area contributed by atoms with Crippen LogP contribution in [0.1, 0.15) is 37.8 Å². The molecule has 0 heterocycles. The second-order valence-electron chi connectivity index (χ2n) is 4.16. The summed E-state index contributed by atoms with van der Waals surface area (Å²) in [5.41, 5.74) is 5.94. The van der Waals surface area contributed by atoms with E-state index in [2.05, 4.69) is 5.32 Å². The fourth-order valence-electron chi connectivity index (χ4n) is 1.71. The van der Waals surface area contributed by atoms with Gasteiger partial charge in [0.15, 0.2) is 0 Å². The smallest absolute Gasteiger partial charge is 0.217 e. The number of phenols is 1. The molecule has 0 radical (unpaired) electrons. The molecule has 0 bridgehead atoms. The summed E-state index contributed by atoms with van der Waals surface area (Å²) >= 11 is 0. The van der Waals surface area contributed by atoms with Crippen LogP contribution in [0.3, 0.4) is 0 Å². The van der Waals surface area contributed by atoms with Crippen molar-refractivity contribution in [3.63, 3.8) is 0 Å². The van der Waals surface area contributed by atoms with Gasteiger partial charge in [-0.15, -0.1) is 0 Å². The van der Waals surface area contributed by atoms with Crippen molar-refractivity contribution < 1.29 is 9.90 Å². The molecule has 1 atom stereocenters. The summed E-state index contributed by atoms with van der Waals surface area (Å²) in [6, 6.07) is 7.39. The van der Waals surface area contributed by atoms with E-state index in [9.17, 15) is 9.90 Å². The molecular formula is C13H20N2O2. The lowest BCUT2D eigenvalue weighted by Crippen LogP contribution is -2.20. The van der Waals surface area contributed by atoms with E-state index >= 15 is 0 Å². The molecule has 0 aliphatic heterocycles.